The number of hydrogen-bond donors (Lipinski definition) is 2. The molecule has 0 saturated carbocycles. The molecule has 0 saturated heterocycles. The molecule has 4 nitrogen and oxygen atoms in total. The van der Waals surface area contributed by atoms with Crippen LogP contribution in [0.1, 0.15) is 27.4 Å². The van der Waals surface area contributed by atoms with E-state index in [2.05, 4.69) is 51.4 Å². The van der Waals surface area contributed by atoms with Crippen LogP contribution in [0, 0.1) is 6.92 Å². The molecule has 22 heavy (non-hydrogen) atoms. The van der Waals surface area contributed by atoms with E-state index in [1.54, 1.807) is 12.1 Å². The van der Waals surface area contributed by atoms with Gasteiger partial charge >= 0.3 is 0 Å². The summed E-state index contributed by atoms with van der Waals surface area (Å²) in [4.78, 5) is 15.6. The molecule has 4 rings (SSSR count). The number of carbonyl (C=O) groups excluding carboxylic acids is 1. The predicted octanol–water partition coefficient (Wildman–Crippen LogP) is 3.73. The van der Waals surface area contributed by atoms with Gasteiger partial charge in [0.05, 0.1) is 0 Å². The van der Waals surface area contributed by atoms with Gasteiger partial charge in [-0.05, 0) is 59.1 Å². The quantitative estimate of drug-likeness (QED) is 0.733. The highest BCUT2D eigenvalue weighted by molar-refractivity contribution is 9.10. The predicted molar refractivity (Wildman–Crippen MR) is 88.1 cm³/mol. The Kier molecular flexibility index (Phi) is 3.11. The molecule has 0 bridgehead atoms. The van der Waals surface area contributed by atoms with Gasteiger partial charge in [-0.2, -0.15) is 0 Å². The van der Waals surface area contributed by atoms with Crippen molar-refractivity contribution >= 4 is 32.7 Å². The minimum absolute atomic E-state index is 0.113. The molecule has 0 aliphatic heterocycles. The molecule has 1 amide bonds. The average molecular weight is 359 g/mol. The van der Waals surface area contributed by atoms with Crippen molar-refractivity contribution in [2.45, 2.75) is 25.8 Å². The second-order valence-electron chi connectivity index (χ2n) is 5.81. The van der Waals surface area contributed by atoms with Crippen molar-refractivity contribution in [1.29, 1.82) is 0 Å². The number of H-pyrrole nitrogens is 1. The molecule has 1 atom stereocenters. The first-order valence-electron chi connectivity index (χ1n) is 7.26. The maximum absolute atomic E-state index is 12.2. The minimum Gasteiger partial charge on any atom is -0.444 e. The molecule has 1 aliphatic carbocycles. The summed E-state index contributed by atoms with van der Waals surface area (Å²) in [5.74, 6) is 0.171. The molecule has 1 unspecified atom stereocenters. The number of aryl methyl sites for hydroxylation is 1. The van der Waals surface area contributed by atoms with Crippen molar-refractivity contribution < 1.29 is 9.21 Å². The Bertz CT molecular complexity index is 878. The summed E-state index contributed by atoms with van der Waals surface area (Å²) in [5.41, 5.74) is 4.98. The standard InChI is InChI=1S/C17H15BrN2O2/c1-9-2-3-13-11(6-9)12-7-10(8-14(12)20-13)19-17(21)15-4-5-16(18)22-15/h2-6,10,20H,7-8H2,1H3,(H,19,21). The highest BCUT2D eigenvalue weighted by atomic mass is 79.9. The molecule has 2 heterocycles. The SMILES string of the molecule is Cc1ccc2[nH]c3c(c2c1)CC(NC(=O)c1ccc(Br)o1)C3. The molecule has 2 aromatic heterocycles. The first-order valence-corrected chi connectivity index (χ1v) is 8.06. The van der Waals surface area contributed by atoms with Gasteiger partial charge in [-0.1, -0.05) is 11.6 Å². The fourth-order valence-electron chi connectivity index (χ4n) is 3.18. The number of halogens is 1. The molecular formula is C17H15BrN2O2. The first-order chi connectivity index (χ1) is 10.6. The molecule has 5 heteroatoms. The van der Waals surface area contributed by atoms with Crippen LogP contribution in [0.3, 0.4) is 0 Å². The Morgan fingerprint density at radius 2 is 2.18 bits per heavy atom. The summed E-state index contributed by atoms with van der Waals surface area (Å²) in [6.45, 7) is 2.10. The van der Waals surface area contributed by atoms with E-state index in [0.29, 0.717) is 10.4 Å². The van der Waals surface area contributed by atoms with Gasteiger partial charge in [-0.25, -0.2) is 0 Å². The summed E-state index contributed by atoms with van der Waals surface area (Å²) in [6.07, 6.45) is 1.68. The number of nitrogens with one attached hydrogen (secondary N) is 2. The van der Waals surface area contributed by atoms with Crippen LogP contribution in [0.2, 0.25) is 0 Å². The minimum atomic E-state index is -0.165. The van der Waals surface area contributed by atoms with Gasteiger partial charge in [0.2, 0.25) is 0 Å². The Labute approximate surface area is 136 Å². The zero-order valence-corrected chi connectivity index (χ0v) is 13.7. The summed E-state index contributed by atoms with van der Waals surface area (Å²) in [5, 5.41) is 4.32. The van der Waals surface area contributed by atoms with E-state index in [1.165, 1.54) is 27.7 Å². The third kappa shape index (κ3) is 2.25. The fourth-order valence-corrected chi connectivity index (χ4v) is 3.49. The lowest BCUT2D eigenvalue weighted by Crippen LogP contribution is -2.35. The zero-order chi connectivity index (χ0) is 15.3. The Morgan fingerprint density at radius 1 is 1.32 bits per heavy atom. The number of hydrogen-bond acceptors (Lipinski definition) is 2. The normalized spacial score (nSPS) is 16.9. The van der Waals surface area contributed by atoms with E-state index >= 15 is 0 Å². The van der Waals surface area contributed by atoms with Crippen LogP contribution in [0.15, 0.2) is 39.4 Å². The van der Waals surface area contributed by atoms with Crippen LogP contribution < -0.4 is 5.32 Å². The van der Waals surface area contributed by atoms with Crippen molar-refractivity contribution in [1.82, 2.24) is 10.3 Å². The second kappa shape index (κ2) is 5.02. The van der Waals surface area contributed by atoms with Crippen LogP contribution >= 0.6 is 15.9 Å². The highest BCUT2D eigenvalue weighted by Gasteiger charge is 2.27. The summed E-state index contributed by atoms with van der Waals surface area (Å²) in [6, 6.07) is 9.95. The number of fused-ring (bicyclic) bond motifs is 3. The number of carbonyl (C=O) groups is 1. The molecular weight excluding hydrogens is 344 g/mol. The van der Waals surface area contributed by atoms with Crippen LogP contribution in [-0.4, -0.2) is 16.9 Å². The van der Waals surface area contributed by atoms with E-state index in [9.17, 15) is 4.79 Å². The molecule has 1 aliphatic rings. The van der Waals surface area contributed by atoms with Crippen LogP contribution in [0.5, 0.6) is 0 Å². The highest BCUT2D eigenvalue weighted by Crippen LogP contribution is 2.31. The number of amides is 1. The zero-order valence-electron chi connectivity index (χ0n) is 12.1. The van der Waals surface area contributed by atoms with E-state index in [1.807, 2.05) is 0 Å². The van der Waals surface area contributed by atoms with Crippen molar-refractivity contribution in [3.05, 3.63) is 57.6 Å². The number of aromatic nitrogens is 1. The molecule has 0 radical (unpaired) electrons. The maximum atomic E-state index is 12.2. The number of furan rings is 1. The third-order valence-electron chi connectivity index (χ3n) is 4.18. The lowest BCUT2D eigenvalue weighted by atomic mass is 10.1. The number of aromatic amines is 1. The van der Waals surface area contributed by atoms with Crippen molar-refractivity contribution in [3.8, 4) is 0 Å². The van der Waals surface area contributed by atoms with Crippen LogP contribution in [-0.2, 0) is 12.8 Å². The van der Waals surface area contributed by atoms with E-state index in [0.717, 1.165) is 12.8 Å². The monoisotopic (exact) mass is 358 g/mol. The van der Waals surface area contributed by atoms with Gasteiger partial charge in [0.15, 0.2) is 10.4 Å². The van der Waals surface area contributed by atoms with Crippen LogP contribution in [0.4, 0.5) is 0 Å². The van der Waals surface area contributed by atoms with Crippen molar-refractivity contribution in [2.24, 2.45) is 0 Å². The van der Waals surface area contributed by atoms with Gasteiger partial charge in [0, 0.05) is 29.1 Å². The molecule has 1 aromatic carbocycles. The summed E-state index contributed by atoms with van der Waals surface area (Å²) in [7, 11) is 0. The largest absolute Gasteiger partial charge is 0.444 e. The molecule has 3 aromatic rings. The molecule has 0 spiro atoms. The average Bonchev–Trinajstić information content (AvgIpc) is 3.14. The van der Waals surface area contributed by atoms with Crippen molar-refractivity contribution in [2.75, 3.05) is 0 Å². The lowest BCUT2D eigenvalue weighted by molar-refractivity contribution is 0.0909. The Hall–Kier alpha value is -2.01. The second-order valence-corrected chi connectivity index (χ2v) is 6.60. The van der Waals surface area contributed by atoms with E-state index in [4.69, 9.17) is 4.42 Å². The van der Waals surface area contributed by atoms with Gasteiger partial charge in [-0.3, -0.25) is 4.79 Å². The van der Waals surface area contributed by atoms with Crippen molar-refractivity contribution in [3.63, 3.8) is 0 Å². The fraction of sp³-hybridized carbons (Fsp3) is 0.235. The van der Waals surface area contributed by atoms with Gasteiger partial charge in [-0.15, -0.1) is 0 Å². The number of rotatable bonds is 2. The summed E-state index contributed by atoms with van der Waals surface area (Å²) >= 11 is 3.21. The Balaban J connectivity index is 1.55. The first kappa shape index (κ1) is 13.6. The molecule has 2 N–H and O–H groups in total. The van der Waals surface area contributed by atoms with Crippen LogP contribution in [0.25, 0.3) is 10.9 Å². The third-order valence-corrected chi connectivity index (χ3v) is 4.61. The van der Waals surface area contributed by atoms with E-state index in [-0.39, 0.29) is 11.9 Å². The van der Waals surface area contributed by atoms with Gasteiger partial charge < -0.3 is 14.7 Å². The van der Waals surface area contributed by atoms with Gasteiger partial charge in [0.25, 0.3) is 5.91 Å². The molecule has 0 fully saturated rings. The Morgan fingerprint density at radius 3 is 2.95 bits per heavy atom. The summed E-state index contributed by atoms with van der Waals surface area (Å²) < 4.78 is 5.86. The van der Waals surface area contributed by atoms with E-state index < -0.39 is 0 Å². The molecule has 112 valence electrons. The lowest BCUT2D eigenvalue weighted by Gasteiger charge is -2.11. The smallest absolute Gasteiger partial charge is 0.287 e. The number of benzene rings is 1. The van der Waals surface area contributed by atoms with Gasteiger partial charge in [0.1, 0.15) is 0 Å². The topological polar surface area (TPSA) is 58.0 Å². The maximum Gasteiger partial charge on any atom is 0.287 e.